The summed E-state index contributed by atoms with van der Waals surface area (Å²) in [5, 5.41) is 0.418. The zero-order chi connectivity index (χ0) is 13.9. The van der Waals surface area contributed by atoms with Gasteiger partial charge in [0.1, 0.15) is 16.5 Å². The van der Waals surface area contributed by atoms with Crippen molar-refractivity contribution < 1.29 is 17.2 Å². The molecule has 7 heteroatoms. The first-order chi connectivity index (χ1) is 8.30. The van der Waals surface area contributed by atoms with Crippen LogP contribution in [0, 0.1) is 11.6 Å². The lowest BCUT2D eigenvalue weighted by atomic mass is 10.3. The van der Waals surface area contributed by atoms with Crippen molar-refractivity contribution >= 4 is 26.0 Å². The molecule has 0 heterocycles. The molecule has 3 nitrogen and oxygen atoms in total. The summed E-state index contributed by atoms with van der Waals surface area (Å²) in [6.07, 6.45) is 0. The molecule has 0 bridgehead atoms. The highest BCUT2D eigenvalue weighted by atomic mass is 79.9. The van der Waals surface area contributed by atoms with Crippen molar-refractivity contribution in [3.8, 4) is 0 Å². The van der Waals surface area contributed by atoms with Gasteiger partial charge in [0, 0.05) is 17.9 Å². The van der Waals surface area contributed by atoms with Crippen LogP contribution in [0.5, 0.6) is 0 Å². The van der Waals surface area contributed by atoms with Crippen LogP contribution in [0.15, 0.2) is 23.1 Å². The van der Waals surface area contributed by atoms with Crippen molar-refractivity contribution in [1.29, 1.82) is 0 Å². The number of hydrogen-bond donors (Lipinski definition) is 0. The Kier molecular flexibility index (Phi) is 5.24. The Hall–Kier alpha value is -0.530. The number of sulfonamides is 1. The summed E-state index contributed by atoms with van der Waals surface area (Å²) in [6.45, 7) is 3.55. The molecule has 0 amide bonds. The van der Waals surface area contributed by atoms with Crippen LogP contribution in [-0.4, -0.2) is 30.6 Å². The van der Waals surface area contributed by atoms with Gasteiger partial charge in [0.15, 0.2) is 0 Å². The number of halogens is 3. The van der Waals surface area contributed by atoms with Crippen molar-refractivity contribution in [3.63, 3.8) is 0 Å². The summed E-state index contributed by atoms with van der Waals surface area (Å²) in [6, 6.07) is 2.07. The van der Waals surface area contributed by atoms with Crippen LogP contribution in [0.3, 0.4) is 0 Å². The number of alkyl halides is 1. The van der Waals surface area contributed by atoms with Gasteiger partial charge < -0.3 is 0 Å². The molecule has 1 aromatic carbocycles. The highest BCUT2D eigenvalue weighted by Crippen LogP contribution is 2.22. The Labute approximate surface area is 114 Å². The predicted molar refractivity (Wildman–Crippen MR) is 69.2 cm³/mol. The van der Waals surface area contributed by atoms with Gasteiger partial charge in [0.05, 0.1) is 0 Å². The zero-order valence-corrected chi connectivity index (χ0v) is 12.4. The third-order valence-corrected chi connectivity index (χ3v) is 4.81. The number of nitrogens with zero attached hydrogens (tertiary/aromatic N) is 1. The van der Waals surface area contributed by atoms with E-state index in [-0.39, 0.29) is 12.6 Å². The number of hydrogen-bond acceptors (Lipinski definition) is 2. The minimum atomic E-state index is -4.03. The van der Waals surface area contributed by atoms with E-state index in [1.165, 1.54) is 0 Å². The third kappa shape index (κ3) is 3.27. The molecule has 0 saturated carbocycles. The van der Waals surface area contributed by atoms with Crippen LogP contribution >= 0.6 is 15.9 Å². The molecular weight excluding hydrogens is 328 g/mol. The van der Waals surface area contributed by atoms with Crippen molar-refractivity contribution in [2.24, 2.45) is 0 Å². The van der Waals surface area contributed by atoms with Gasteiger partial charge in [-0.2, -0.15) is 4.31 Å². The zero-order valence-electron chi connectivity index (χ0n) is 10.0. The normalized spacial score (nSPS) is 12.4. The molecule has 102 valence electrons. The minimum absolute atomic E-state index is 0.190. The van der Waals surface area contributed by atoms with Gasteiger partial charge >= 0.3 is 0 Å². The Balaban J connectivity index is 3.30. The van der Waals surface area contributed by atoms with E-state index in [0.29, 0.717) is 11.4 Å². The van der Waals surface area contributed by atoms with Gasteiger partial charge in [-0.25, -0.2) is 17.2 Å². The van der Waals surface area contributed by atoms with Crippen LogP contribution < -0.4 is 0 Å². The molecule has 1 aromatic rings. The molecule has 0 radical (unpaired) electrons. The molecular formula is C11H14BrF2NO2S. The molecule has 0 atom stereocenters. The second kappa shape index (κ2) is 6.08. The average molecular weight is 342 g/mol. The third-order valence-electron chi connectivity index (χ3n) is 2.36. The van der Waals surface area contributed by atoms with Crippen LogP contribution in [-0.2, 0) is 10.0 Å². The fourth-order valence-electron chi connectivity index (χ4n) is 1.54. The van der Waals surface area contributed by atoms with E-state index in [2.05, 4.69) is 15.9 Å². The number of rotatable bonds is 5. The first kappa shape index (κ1) is 15.5. The van der Waals surface area contributed by atoms with Crippen molar-refractivity contribution in [2.45, 2.75) is 24.8 Å². The molecule has 0 N–H and O–H groups in total. The van der Waals surface area contributed by atoms with Crippen molar-refractivity contribution in [2.75, 3.05) is 11.9 Å². The highest BCUT2D eigenvalue weighted by molar-refractivity contribution is 9.09. The molecule has 0 spiro atoms. The van der Waals surface area contributed by atoms with Gasteiger partial charge in [0.2, 0.25) is 10.0 Å². The lowest BCUT2D eigenvalue weighted by Crippen LogP contribution is -2.38. The lowest BCUT2D eigenvalue weighted by molar-refractivity contribution is 0.369. The monoisotopic (exact) mass is 341 g/mol. The van der Waals surface area contributed by atoms with E-state index in [1.54, 1.807) is 13.8 Å². The molecule has 0 aliphatic rings. The molecule has 0 aliphatic carbocycles. The van der Waals surface area contributed by atoms with Crippen molar-refractivity contribution in [3.05, 3.63) is 29.8 Å². The maximum Gasteiger partial charge on any atom is 0.246 e. The second-order valence-electron chi connectivity index (χ2n) is 3.97. The highest BCUT2D eigenvalue weighted by Gasteiger charge is 2.29. The van der Waals surface area contributed by atoms with E-state index in [4.69, 9.17) is 0 Å². The van der Waals surface area contributed by atoms with Crippen LogP contribution in [0.1, 0.15) is 13.8 Å². The SMILES string of the molecule is CC(C)N(CCBr)S(=O)(=O)c1cc(F)ccc1F. The van der Waals surface area contributed by atoms with Crippen LogP contribution in [0.25, 0.3) is 0 Å². The lowest BCUT2D eigenvalue weighted by Gasteiger charge is -2.25. The fraction of sp³-hybridized carbons (Fsp3) is 0.455. The van der Waals surface area contributed by atoms with E-state index in [0.717, 1.165) is 16.4 Å². The maximum atomic E-state index is 13.5. The summed E-state index contributed by atoms with van der Waals surface area (Å²) >= 11 is 3.14. The van der Waals surface area contributed by atoms with Gasteiger partial charge in [-0.05, 0) is 32.0 Å². The quantitative estimate of drug-likeness (QED) is 0.772. The van der Waals surface area contributed by atoms with Crippen LogP contribution in [0.4, 0.5) is 8.78 Å². The predicted octanol–water partition coefficient (Wildman–Crippen LogP) is 2.76. The van der Waals surface area contributed by atoms with E-state index >= 15 is 0 Å². The van der Waals surface area contributed by atoms with Gasteiger partial charge in [-0.3, -0.25) is 0 Å². The minimum Gasteiger partial charge on any atom is -0.207 e. The largest absolute Gasteiger partial charge is 0.246 e. The standard InChI is InChI=1S/C11H14BrF2NO2S/c1-8(2)15(6-5-12)18(16,17)11-7-9(13)3-4-10(11)14/h3-4,7-8H,5-6H2,1-2H3. The smallest absolute Gasteiger partial charge is 0.207 e. The maximum absolute atomic E-state index is 13.5. The molecule has 0 aromatic heterocycles. The van der Waals surface area contributed by atoms with Gasteiger partial charge in [-0.15, -0.1) is 0 Å². The topological polar surface area (TPSA) is 37.4 Å². The molecule has 0 unspecified atom stereocenters. The summed E-state index contributed by atoms with van der Waals surface area (Å²) in [5.74, 6) is -1.73. The van der Waals surface area contributed by atoms with Gasteiger partial charge in [-0.1, -0.05) is 15.9 Å². The van der Waals surface area contributed by atoms with Gasteiger partial charge in [0.25, 0.3) is 0 Å². The Morgan fingerprint density at radius 3 is 2.44 bits per heavy atom. The summed E-state index contributed by atoms with van der Waals surface area (Å²) in [7, 11) is -4.03. The fourth-order valence-corrected chi connectivity index (χ4v) is 3.87. The summed E-state index contributed by atoms with van der Waals surface area (Å²) in [5.41, 5.74) is 0. The summed E-state index contributed by atoms with van der Waals surface area (Å²) < 4.78 is 52.2. The Morgan fingerprint density at radius 1 is 1.33 bits per heavy atom. The van der Waals surface area contributed by atoms with E-state index in [1.807, 2.05) is 0 Å². The Bertz CT molecular complexity index is 520. The molecule has 0 saturated heterocycles. The molecule has 1 rings (SSSR count). The first-order valence-electron chi connectivity index (χ1n) is 5.33. The number of benzene rings is 1. The summed E-state index contributed by atoms with van der Waals surface area (Å²) in [4.78, 5) is -0.628. The van der Waals surface area contributed by atoms with Crippen LogP contribution in [0.2, 0.25) is 0 Å². The average Bonchev–Trinajstić information content (AvgIpc) is 2.28. The van der Waals surface area contributed by atoms with E-state index < -0.39 is 26.6 Å². The first-order valence-corrected chi connectivity index (χ1v) is 7.89. The molecule has 0 aliphatic heterocycles. The second-order valence-corrected chi connectivity index (χ2v) is 6.63. The Morgan fingerprint density at radius 2 is 1.94 bits per heavy atom. The molecule has 18 heavy (non-hydrogen) atoms. The van der Waals surface area contributed by atoms with E-state index in [9.17, 15) is 17.2 Å². The van der Waals surface area contributed by atoms with Crippen molar-refractivity contribution in [1.82, 2.24) is 4.31 Å². The molecule has 0 fully saturated rings.